The first kappa shape index (κ1) is 17.9. The van der Waals surface area contributed by atoms with Gasteiger partial charge < -0.3 is 0 Å². The van der Waals surface area contributed by atoms with Gasteiger partial charge >= 0.3 is 0 Å². The largest absolute Gasteiger partial charge is 0.126 e. The van der Waals surface area contributed by atoms with Gasteiger partial charge in [-0.15, -0.1) is 11.8 Å². The molecule has 0 fully saturated rings. The number of fused-ring (bicyclic) bond motifs is 1. The monoisotopic (exact) mass is 324 g/mol. The van der Waals surface area contributed by atoms with Crippen molar-refractivity contribution in [1.82, 2.24) is 0 Å². The van der Waals surface area contributed by atoms with Crippen LogP contribution in [0.4, 0.5) is 0 Å². The Morgan fingerprint density at radius 1 is 1.26 bits per heavy atom. The maximum atomic E-state index is 4.31. The molecule has 0 amide bonds. The van der Waals surface area contributed by atoms with Gasteiger partial charge in [0, 0.05) is 4.90 Å². The highest BCUT2D eigenvalue weighted by Gasteiger charge is 2.11. The highest BCUT2D eigenvalue weighted by molar-refractivity contribution is 7.99. The van der Waals surface area contributed by atoms with Crippen LogP contribution in [0.15, 0.2) is 65.6 Å². The average Bonchev–Trinajstić information content (AvgIpc) is 2.58. The lowest BCUT2D eigenvalue weighted by molar-refractivity contribution is 0.888. The van der Waals surface area contributed by atoms with Crippen molar-refractivity contribution < 1.29 is 0 Å². The molecule has 122 valence electrons. The fourth-order valence-corrected chi connectivity index (χ4v) is 3.95. The van der Waals surface area contributed by atoms with E-state index in [9.17, 15) is 0 Å². The quantitative estimate of drug-likeness (QED) is 0.487. The van der Waals surface area contributed by atoms with Crippen molar-refractivity contribution in [2.24, 2.45) is 0 Å². The van der Waals surface area contributed by atoms with Gasteiger partial charge in [-0.25, -0.2) is 0 Å². The molecule has 0 atom stereocenters. The molecule has 1 heterocycles. The van der Waals surface area contributed by atoms with Crippen LogP contribution < -0.4 is 0 Å². The summed E-state index contributed by atoms with van der Waals surface area (Å²) in [6, 6.07) is 6.86. The molecule has 2 rings (SSSR count). The summed E-state index contributed by atoms with van der Waals surface area (Å²) in [5.41, 5.74) is 6.49. The first-order valence-electron chi connectivity index (χ1n) is 8.60. The van der Waals surface area contributed by atoms with Gasteiger partial charge in [-0.2, -0.15) is 0 Å². The Labute approximate surface area is 146 Å². The van der Waals surface area contributed by atoms with Crippen LogP contribution in [0.2, 0.25) is 0 Å². The van der Waals surface area contributed by atoms with E-state index in [4.69, 9.17) is 0 Å². The van der Waals surface area contributed by atoms with Gasteiger partial charge in [-0.05, 0) is 78.7 Å². The SMILES string of the molecule is C=C(CCC(=C)c1ccc2c(c1)SCCC2)C(/C=C\C)=C/CC. The van der Waals surface area contributed by atoms with E-state index in [1.54, 1.807) is 0 Å². The molecule has 1 heteroatoms. The molecule has 0 aliphatic carbocycles. The van der Waals surface area contributed by atoms with E-state index in [2.05, 4.69) is 63.4 Å². The highest BCUT2D eigenvalue weighted by Crippen LogP contribution is 2.33. The van der Waals surface area contributed by atoms with E-state index in [1.165, 1.54) is 51.3 Å². The molecule has 1 aliphatic rings. The molecule has 23 heavy (non-hydrogen) atoms. The number of hydrogen-bond acceptors (Lipinski definition) is 1. The molecule has 0 spiro atoms. The number of thioether (sulfide) groups is 1. The minimum absolute atomic E-state index is 0.971. The van der Waals surface area contributed by atoms with Crippen LogP contribution in [0.25, 0.3) is 5.57 Å². The Bertz CT molecular complexity index is 631. The van der Waals surface area contributed by atoms with E-state index in [-0.39, 0.29) is 0 Å². The smallest absolute Gasteiger partial charge is 0.0110 e. The Morgan fingerprint density at radius 2 is 2.09 bits per heavy atom. The zero-order valence-electron chi connectivity index (χ0n) is 14.5. The van der Waals surface area contributed by atoms with E-state index < -0.39 is 0 Å². The lowest BCUT2D eigenvalue weighted by Crippen LogP contribution is -1.99. The van der Waals surface area contributed by atoms with Crippen LogP contribution in [-0.4, -0.2) is 5.75 Å². The van der Waals surface area contributed by atoms with Crippen LogP contribution in [0.3, 0.4) is 0 Å². The summed E-state index contributed by atoms with van der Waals surface area (Å²) in [7, 11) is 0. The molecule has 0 bridgehead atoms. The Kier molecular flexibility index (Phi) is 6.98. The maximum absolute atomic E-state index is 4.31. The van der Waals surface area contributed by atoms with E-state index >= 15 is 0 Å². The van der Waals surface area contributed by atoms with Gasteiger partial charge in [0.2, 0.25) is 0 Å². The maximum Gasteiger partial charge on any atom is 0.0110 e. The number of benzene rings is 1. The van der Waals surface area contributed by atoms with Crippen LogP contribution in [0.5, 0.6) is 0 Å². The average molecular weight is 325 g/mol. The van der Waals surface area contributed by atoms with Gasteiger partial charge in [0.25, 0.3) is 0 Å². The summed E-state index contributed by atoms with van der Waals surface area (Å²) in [6.45, 7) is 12.8. The van der Waals surface area contributed by atoms with Crippen molar-refractivity contribution in [2.45, 2.75) is 50.8 Å². The normalized spacial score (nSPS) is 14.8. The number of rotatable bonds is 7. The van der Waals surface area contributed by atoms with Gasteiger partial charge in [-0.1, -0.05) is 50.4 Å². The summed E-state index contributed by atoms with van der Waals surface area (Å²) < 4.78 is 0. The molecule has 0 saturated carbocycles. The fourth-order valence-electron chi connectivity index (χ4n) is 2.88. The van der Waals surface area contributed by atoms with Crippen LogP contribution in [-0.2, 0) is 6.42 Å². The van der Waals surface area contributed by atoms with E-state index in [0.29, 0.717) is 0 Å². The topological polar surface area (TPSA) is 0 Å². The van der Waals surface area contributed by atoms with Crippen molar-refractivity contribution in [1.29, 1.82) is 0 Å². The van der Waals surface area contributed by atoms with Crippen molar-refractivity contribution >= 4 is 17.3 Å². The van der Waals surface area contributed by atoms with Gasteiger partial charge in [0.05, 0.1) is 0 Å². The first-order valence-corrected chi connectivity index (χ1v) is 9.59. The summed E-state index contributed by atoms with van der Waals surface area (Å²) in [6.07, 6.45) is 12.0. The summed E-state index contributed by atoms with van der Waals surface area (Å²) >= 11 is 1.99. The van der Waals surface area contributed by atoms with Gasteiger partial charge in [0.1, 0.15) is 0 Å². The molecule has 1 aromatic carbocycles. The molecular weight excluding hydrogens is 296 g/mol. The zero-order chi connectivity index (χ0) is 16.7. The Balaban J connectivity index is 1.99. The van der Waals surface area contributed by atoms with Crippen molar-refractivity contribution in [3.05, 3.63) is 71.9 Å². The minimum atomic E-state index is 0.971. The second-order valence-corrected chi connectivity index (χ2v) is 7.19. The zero-order valence-corrected chi connectivity index (χ0v) is 15.3. The fraction of sp³-hybridized carbons (Fsp3) is 0.364. The second-order valence-electron chi connectivity index (χ2n) is 6.05. The van der Waals surface area contributed by atoms with Crippen molar-refractivity contribution in [3.8, 4) is 0 Å². The number of allylic oxidation sites excluding steroid dienone is 6. The molecule has 1 aliphatic heterocycles. The Morgan fingerprint density at radius 3 is 2.83 bits per heavy atom. The molecular formula is C22H28S. The van der Waals surface area contributed by atoms with E-state index in [1.807, 2.05) is 11.8 Å². The number of hydrogen-bond donors (Lipinski definition) is 0. The molecule has 1 aromatic rings. The van der Waals surface area contributed by atoms with Gasteiger partial charge in [0.15, 0.2) is 0 Å². The minimum Gasteiger partial charge on any atom is -0.126 e. The summed E-state index contributed by atoms with van der Waals surface area (Å²) in [5.74, 6) is 1.24. The third kappa shape index (κ3) is 5.00. The Hall–Kier alpha value is -1.47. The second kappa shape index (κ2) is 8.98. The van der Waals surface area contributed by atoms with Gasteiger partial charge in [-0.3, -0.25) is 0 Å². The standard InChI is InChI=1S/C22H28S/c1-5-8-19(9-6-2)17(3)11-12-18(4)21-14-13-20-10-7-15-23-22(20)16-21/h5,8-9,13-14,16H,3-4,6-7,10-12,15H2,1-2H3/b8-5-,19-9+. The highest BCUT2D eigenvalue weighted by atomic mass is 32.2. The molecule has 0 nitrogen and oxygen atoms in total. The first-order chi connectivity index (χ1) is 11.2. The summed E-state index contributed by atoms with van der Waals surface area (Å²) in [4.78, 5) is 1.45. The molecule has 0 saturated heterocycles. The third-order valence-electron chi connectivity index (χ3n) is 4.23. The third-order valence-corrected chi connectivity index (χ3v) is 5.41. The van der Waals surface area contributed by atoms with Crippen LogP contribution in [0.1, 0.15) is 50.7 Å². The predicted molar refractivity (Wildman–Crippen MR) is 106 cm³/mol. The van der Waals surface area contributed by atoms with E-state index in [0.717, 1.165) is 19.3 Å². The molecule has 0 unspecified atom stereocenters. The number of aryl methyl sites for hydroxylation is 1. The van der Waals surface area contributed by atoms with Crippen LogP contribution >= 0.6 is 11.8 Å². The lowest BCUT2D eigenvalue weighted by atomic mass is 9.95. The summed E-state index contributed by atoms with van der Waals surface area (Å²) in [5, 5.41) is 0. The van der Waals surface area contributed by atoms with Crippen molar-refractivity contribution in [3.63, 3.8) is 0 Å². The predicted octanol–water partition coefficient (Wildman–Crippen LogP) is 6.99. The molecule has 0 N–H and O–H groups in total. The lowest BCUT2D eigenvalue weighted by Gasteiger charge is -2.17. The molecule has 0 aromatic heterocycles. The van der Waals surface area contributed by atoms with Crippen LogP contribution in [0, 0.1) is 0 Å². The molecule has 0 radical (unpaired) electrons. The van der Waals surface area contributed by atoms with Crippen molar-refractivity contribution in [2.75, 3.05) is 5.75 Å².